The first-order valence-electron chi connectivity index (χ1n) is 10.9. The molecule has 1 aliphatic heterocycles. The predicted octanol–water partition coefficient (Wildman–Crippen LogP) is 3.71. The van der Waals surface area contributed by atoms with Crippen LogP contribution >= 0.6 is 0 Å². The minimum absolute atomic E-state index is 0.0282. The Labute approximate surface area is 197 Å². The van der Waals surface area contributed by atoms with Crippen LogP contribution in [0.15, 0.2) is 47.4 Å². The molecule has 0 spiro atoms. The summed E-state index contributed by atoms with van der Waals surface area (Å²) in [4.78, 5) is 21.5. The second kappa shape index (κ2) is 8.56. The molecule has 2 N–H and O–H groups in total. The molecule has 0 saturated carbocycles. The third-order valence-electron chi connectivity index (χ3n) is 5.93. The number of anilines is 2. The van der Waals surface area contributed by atoms with E-state index in [2.05, 4.69) is 20.6 Å². The highest BCUT2D eigenvalue weighted by molar-refractivity contribution is 5.77. The van der Waals surface area contributed by atoms with E-state index in [1.165, 1.54) is 23.9 Å². The molecule has 0 amide bonds. The lowest BCUT2D eigenvalue weighted by Crippen LogP contribution is -2.30. The number of benzene rings is 2. The Balaban J connectivity index is 1.64. The highest BCUT2D eigenvalue weighted by Gasteiger charge is 2.32. The van der Waals surface area contributed by atoms with E-state index in [1.807, 2.05) is 24.3 Å². The van der Waals surface area contributed by atoms with Gasteiger partial charge in [0.15, 0.2) is 5.65 Å². The molecular weight excluding hydrogens is 459 g/mol. The summed E-state index contributed by atoms with van der Waals surface area (Å²) in [5.41, 5.74) is 3.52. The summed E-state index contributed by atoms with van der Waals surface area (Å²) < 4.78 is 41.9. The number of alkyl halides is 3. The lowest BCUT2D eigenvalue weighted by Gasteiger charge is -2.18. The van der Waals surface area contributed by atoms with E-state index in [4.69, 9.17) is 0 Å². The van der Waals surface area contributed by atoms with E-state index in [1.54, 1.807) is 13.0 Å². The molecule has 8 nitrogen and oxygen atoms in total. The molecule has 2 aromatic heterocycles. The van der Waals surface area contributed by atoms with Crippen molar-refractivity contribution in [3.63, 3.8) is 0 Å². The monoisotopic (exact) mass is 479 g/mol. The van der Waals surface area contributed by atoms with E-state index in [0.29, 0.717) is 15.8 Å². The van der Waals surface area contributed by atoms with Gasteiger partial charge in [-0.05, 0) is 66.9 Å². The summed E-state index contributed by atoms with van der Waals surface area (Å²) in [5.74, 6) is 0.143. The number of nitrogens with one attached hydrogen (secondary N) is 2. The van der Waals surface area contributed by atoms with Crippen molar-refractivity contribution in [3.8, 4) is 11.8 Å². The molecule has 178 valence electrons. The molecule has 0 saturated heterocycles. The van der Waals surface area contributed by atoms with Crippen molar-refractivity contribution in [1.29, 1.82) is 5.26 Å². The third-order valence-corrected chi connectivity index (χ3v) is 5.93. The normalized spacial score (nSPS) is 13.5. The van der Waals surface area contributed by atoms with Crippen LogP contribution in [0.1, 0.15) is 22.3 Å². The third kappa shape index (κ3) is 4.36. The molecule has 0 radical (unpaired) electrons. The number of aromatic nitrogens is 4. The Morgan fingerprint density at radius 3 is 2.77 bits per heavy atom. The Morgan fingerprint density at radius 1 is 1.20 bits per heavy atom. The van der Waals surface area contributed by atoms with Gasteiger partial charge in [0.05, 0.1) is 17.3 Å². The zero-order chi connectivity index (χ0) is 24.7. The van der Waals surface area contributed by atoms with Gasteiger partial charge >= 0.3 is 6.18 Å². The number of nitrogens with zero attached hydrogens (tertiary/aromatic N) is 5. The zero-order valence-electron chi connectivity index (χ0n) is 18.6. The van der Waals surface area contributed by atoms with Crippen LogP contribution in [0.5, 0.6) is 0 Å². The van der Waals surface area contributed by atoms with Gasteiger partial charge in [-0.1, -0.05) is 6.07 Å². The summed E-state index contributed by atoms with van der Waals surface area (Å²) in [6.45, 7) is 1.83. The molecule has 11 heteroatoms. The molecule has 4 aromatic rings. The molecular formula is C24H20F3N7O. The van der Waals surface area contributed by atoms with Crippen molar-refractivity contribution in [1.82, 2.24) is 24.6 Å². The largest absolute Gasteiger partial charge is 0.408 e. The van der Waals surface area contributed by atoms with Gasteiger partial charge in [0.2, 0.25) is 5.95 Å². The number of nitriles is 1. The summed E-state index contributed by atoms with van der Waals surface area (Å²) in [7, 11) is 0. The van der Waals surface area contributed by atoms with Gasteiger partial charge in [-0.3, -0.25) is 4.79 Å². The van der Waals surface area contributed by atoms with Crippen molar-refractivity contribution >= 4 is 22.7 Å². The standard InChI is InChI=1S/C24H20F3N7O/c1-14-8-19(5-3-16(14)10-28)34-21-20(22(35)33(34)13-24(25,26)27)12-30-23(32-21)31-18-4-2-15-6-7-29-11-17(15)9-18/h2-5,8-9,12,29H,6-7,11,13H2,1H3,(H,30,31,32). The maximum Gasteiger partial charge on any atom is 0.408 e. The van der Waals surface area contributed by atoms with Crippen LogP contribution in [0, 0.1) is 18.3 Å². The maximum atomic E-state index is 13.4. The van der Waals surface area contributed by atoms with Gasteiger partial charge in [0.1, 0.15) is 11.9 Å². The first-order valence-corrected chi connectivity index (χ1v) is 10.9. The Hall–Kier alpha value is -4.17. The summed E-state index contributed by atoms with van der Waals surface area (Å²) in [5, 5.41) is 15.6. The van der Waals surface area contributed by atoms with E-state index in [9.17, 15) is 23.2 Å². The molecule has 5 rings (SSSR count). The molecule has 35 heavy (non-hydrogen) atoms. The highest BCUT2D eigenvalue weighted by atomic mass is 19.4. The van der Waals surface area contributed by atoms with E-state index < -0.39 is 18.3 Å². The minimum Gasteiger partial charge on any atom is -0.324 e. The number of hydrogen-bond donors (Lipinski definition) is 2. The fourth-order valence-electron chi connectivity index (χ4n) is 4.26. The first-order chi connectivity index (χ1) is 16.7. The minimum atomic E-state index is -4.64. The van der Waals surface area contributed by atoms with Crippen LogP contribution in [0.2, 0.25) is 0 Å². The quantitative estimate of drug-likeness (QED) is 0.463. The average molecular weight is 479 g/mol. The number of hydrogen-bond acceptors (Lipinski definition) is 6. The van der Waals surface area contributed by atoms with Gasteiger partial charge in [0.25, 0.3) is 5.56 Å². The topological polar surface area (TPSA) is 101 Å². The number of aryl methyl sites for hydroxylation is 1. The summed E-state index contributed by atoms with van der Waals surface area (Å²) in [6.07, 6.45) is -2.48. The number of fused-ring (bicyclic) bond motifs is 2. The van der Waals surface area contributed by atoms with Crippen molar-refractivity contribution in [2.45, 2.75) is 32.6 Å². The second-order valence-corrected chi connectivity index (χ2v) is 8.37. The highest BCUT2D eigenvalue weighted by Crippen LogP contribution is 2.25. The van der Waals surface area contributed by atoms with Crippen LogP contribution in [0.25, 0.3) is 16.7 Å². The number of rotatable bonds is 4. The van der Waals surface area contributed by atoms with Crippen LogP contribution < -0.4 is 16.2 Å². The smallest absolute Gasteiger partial charge is 0.324 e. The number of halogens is 3. The lowest BCUT2D eigenvalue weighted by atomic mass is 10.0. The molecule has 1 aliphatic rings. The fraction of sp³-hybridized carbons (Fsp3) is 0.250. The summed E-state index contributed by atoms with van der Waals surface area (Å²) in [6, 6.07) is 12.5. The van der Waals surface area contributed by atoms with Crippen LogP contribution in [0.3, 0.4) is 0 Å². The van der Waals surface area contributed by atoms with Crippen molar-refractivity contribution in [2.75, 3.05) is 11.9 Å². The van der Waals surface area contributed by atoms with Crippen molar-refractivity contribution in [3.05, 3.63) is 75.2 Å². The molecule has 0 fully saturated rings. The molecule has 0 bridgehead atoms. The Kier molecular flexibility index (Phi) is 5.53. The molecule has 0 aliphatic carbocycles. The van der Waals surface area contributed by atoms with Crippen LogP contribution in [0.4, 0.5) is 24.8 Å². The Bertz CT molecular complexity index is 1550. The SMILES string of the molecule is Cc1cc(-n2c3nc(Nc4ccc5c(c4)CNCC5)ncc3c(=O)n2CC(F)(F)F)ccc1C#N. The predicted molar refractivity (Wildman–Crippen MR) is 124 cm³/mol. The molecule has 0 atom stereocenters. The van der Waals surface area contributed by atoms with Gasteiger partial charge in [0, 0.05) is 18.4 Å². The first kappa shape index (κ1) is 22.6. The van der Waals surface area contributed by atoms with Gasteiger partial charge in [-0.2, -0.15) is 23.4 Å². The fourth-order valence-corrected chi connectivity index (χ4v) is 4.26. The van der Waals surface area contributed by atoms with Crippen molar-refractivity contribution in [2.24, 2.45) is 0 Å². The van der Waals surface area contributed by atoms with E-state index in [-0.39, 0.29) is 22.7 Å². The van der Waals surface area contributed by atoms with Crippen LogP contribution in [-0.2, 0) is 19.5 Å². The second-order valence-electron chi connectivity index (χ2n) is 8.37. The zero-order valence-corrected chi connectivity index (χ0v) is 18.6. The van der Waals surface area contributed by atoms with Crippen LogP contribution in [-0.4, -0.2) is 32.1 Å². The average Bonchev–Trinajstić information content (AvgIpc) is 3.08. The van der Waals surface area contributed by atoms with Gasteiger partial charge < -0.3 is 10.6 Å². The summed E-state index contributed by atoms with van der Waals surface area (Å²) >= 11 is 0. The van der Waals surface area contributed by atoms with Crippen molar-refractivity contribution < 1.29 is 13.2 Å². The Morgan fingerprint density at radius 2 is 2.03 bits per heavy atom. The van der Waals surface area contributed by atoms with Gasteiger partial charge in [-0.25, -0.2) is 14.3 Å². The van der Waals surface area contributed by atoms with Gasteiger partial charge in [-0.15, -0.1) is 0 Å². The molecule has 2 aromatic carbocycles. The van der Waals surface area contributed by atoms with E-state index >= 15 is 0 Å². The lowest BCUT2D eigenvalue weighted by molar-refractivity contribution is -0.144. The maximum absolute atomic E-state index is 13.4. The van der Waals surface area contributed by atoms with E-state index in [0.717, 1.165) is 35.4 Å². The molecule has 0 unspecified atom stereocenters. The molecule has 3 heterocycles.